The molecule has 0 saturated carbocycles. The van der Waals surface area contributed by atoms with E-state index in [0.29, 0.717) is 29.4 Å². The van der Waals surface area contributed by atoms with Gasteiger partial charge in [-0.1, -0.05) is 49.4 Å². The maximum Gasteiger partial charge on any atom is 0.255 e. The Morgan fingerprint density at radius 3 is 2.56 bits per heavy atom. The summed E-state index contributed by atoms with van der Waals surface area (Å²) in [7, 11) is 0. The van der Waals surface area contributed by atoms with E-state index in [9.17, 15) is 4.79 Å². The molecule has 0 saturated heterocycles. The van der Waals surface area contributed by atoms with Crippen LogP contribution < -0.4 is 10.1 Å². The SMILES string of the molecule is CC(C)(CNC(=O)c1ccccc1Oc1ccccc1)c1nn[nH]n1. The Hall–Kier alpha value is -3.22. The van der Waals surface area contributed by atoms with E-state index in [-0.39, 0.29) is 5.91 Å². The largest absolute Gasteiger partial charge is 0.457 e. The van der Waals surface area contributed by atoms with E-state index in [1.165, 1.54) is 0 Å². The van der Waals surface area contributed by atoms with Crippen molar-refractivity contribution in [2.24, 2.45) is 0 Å². The Bertz CT molecular complexity index is 832. The average Bonchev–Trinajstić information content (AvgIpc) is 3.17. The van der Waals surface area contributed by atoms with E-state index < -0.39 is 5.41 Å². The van der Waals surface area contributed by atoms with E-state index in [1.807, 2.05) is 50.2 Å². The molecule has 0 fully saturated rings. The number of hydrogen-bond donors (Lipinski definition) is 2. The highest BCUT2D eigenvalue weighted by molar-refractivity contribution is 5.97. The lowest BCUT2D eigenvalue weighted by Gasteiger charge is -2.21. The van der Waals surface area contributed by atoms with Crippen molar-refractivity contribution in [1.29, 1.82) is 0 Å². The van der Waals surface area contributed by atoms with Gasteiger partial charge in [-0.05, 0) is 24.3 Å². The van der Waals surface area contributed by atoms with Crippen LogP contribution in [0.2, 0.25) is 0 Å². The maximum atomic E-state index is 12.6. The maximum absolute atomic E-state index is 12.6. The third-order valence-corrected chi connectivity index (χ3v) is 3.74. The molecule has 3 rings (SSSR count). The number of para-hydroxylation sites is 2. The number of benzene rings is 2. The van der Waals surface area contributed by atoms with Gasteiger partial charge in [0, 0.05) is 12.0 Å². The van der Waals surface area contributed by atoms with Crippen LogP contribution in [0.5, 0.6) is 11.5 Å². The van der Waals surface area contributed by atoms with Crippen molar-refractivity contribution in [2.45, 2.75) is 19.3 Å². The van der Waals surface area contributed by atoms with Crippen LogP contribution in [0.15, 0.2) is 54.6 Å². The minimum absolute atomic E-state index is 0.219. The third kappa shape index (κ3) is 4.00. The molecule has 0 spiro atoms. The van der Waals surface area contributed by atoms with Crippen LogP contribution in [-0.2, 0) is 5.41 Å². The predicted molar refractivity (Wildman–Crippen MR) is 92.5 cm³/mol. The lowest BCUT2D eigenvalue weighted by atomic mass is 9.92. The lowest BCUT2D eigenvalue weighted by Crippen LogP contribution is -2.37. The minimum atomic E-state index is -0.447. The molecule has 2 aromatic carbocycles. The second-order valence-electron chi connectivity index (χ2n) is 6.21. The molecule has 0 bridgehead atoms. The summed E-state index contributed by atoms with van der Waals surface area (Å²) < 4.78 is 5.83. The van der Waals surface area contributed by atoms with Gasteiger partial charge in [0.05, 0.1) is 5.56 Å². The van der Waals surface area contributed by atoms with Gasteiger partial charge in [0.15, 0.2) is 5.82 Å². The Kier molecular flexibility index (Phi) is 4.74. The van der Waals surface area contributed by atoms with E-state index in [1.54, 1.807) is 18.2 Å². The van der Waals surface area contributed by atoms with E-state index in [4.69, 9.17) is 4.74 Å². The van der Waals surface area contributed by atoms with E-state index >= 15 is 0 Å². The normalized spacial score (nSPS) is 11.1. The van der Waals surface area contributed by atoms with Crippen LogP contribution in [0.3, 0.4) is 0 Å². The summed E-state index contributed by atoms with van der Waals surface area (Å²) in [4.78, 5) is 12.6. The number of amides is 1. The summed E-state index contributed by atoms with van der Waals surface area (Å²) in [5, 5.41) is 16.9. The first-order valence-electron chi connectivity index (χ1n) is 7.90. The zero-order chi connectivity index (χ0) is 17.7. The lowest BCUT2D eigenvalue weighted by molar-refractivity contribution is 0.0942. The molecule has 1 amide bonds. The van der Waals surface area contributed by atoms with Crippen molar-refractivity contribution in [3.05, 3.63) is 66.0 Å². The summed E-state index contributed by atoms with van der Waals surface area (Å²) in [6, 6.07) is 16.5. The molecule has 1 aromatic heterocycles. The number of aromatic amines is 1. The molecule has 0 aliphatic rings. The molecule has 2 N–H and O–H groups in total. The highest BCUT2D eigenvalue weighted by atomic mass is 16.5. The first kappa shape index (κ1) is 16.6. The molecule has 0 unspecified atom stereocenters. The molecule has 7 nitrogen and oxygen atoms in total. The number of hydrogen-bond acceptors (Lipinski definition) is 5. The molecule has 0 aliphatic carbocycles. The van der Waals surface area contributed by atoms with Crippen LogP contribution >= 0.6 is 0 Å². The van der Waals surface area contributed by atoms with Crippen molar-refractivity contribution in [3.63, 3.8) is 0 Å². The Morgan fingerprint density at radius 1 is 1.12 bits per heavy atom. The number of rotatable bonds is 6. The Balaban J connectivity index is 1.72. The summed E-state index contributed by atoms with van der Waals surface area (Å²) in [6.45, 7) is 4.24. The summed E-state index contributed by atoms with van der Waals surface area (Å²) in [5.74, 6) is 1.50. The number of ether oxygens (including phenoxy) is 1. The number of tetrazole rings is 1. The van der Waals surface area contributed by atoms with Gasteiger partial charge < -0.3 is 10.1 Å². The molecule has 0 atom stereocenters. The first-order chi connectivity index (χ1) is 12.1. The van der Waals surface area contributed by atoms with Crippen molar-refractivity contribution >= 4 is 5.91 Å². The highest BCUT2D eigenvalue weighted by Crippen LogP contribution is 2.25. The van der Waals surface area contributed by atoms with Gasteiger partial charge in [0.2, 0.25) is 0 Å². The second kappa shape index (κ2) is 7.12. The van der Waals surface area contributed by atoms with Gasteiger partial charge >= 0.3 is 0 Å². The molecule has 25 heavy (non-hydrogen) atoms. The smallest absolute Gasteiger partial charge is 0.255 e. The van der Waals surface area contributed by atoms with Crippen LogP contribution in [-0.4, -0.2) is 33.1 Å². The van der Waals surface area contributed by atoms with Crippen molar-refractivity contribution < 1.29 is 9.53 Å². The molecule has 7 heteroatoms. The molecule has 3 aromatic rings. The molecule has 128 valence electrons. The number of carbonyl (C=O) groups excluding carboxylic acids is 1. The standard InChI is InChI=1S/C18H19N5O2/c1-18(2,17-20-22-23-21-17)12-19-16(24)14-10-6-7-11-15(14)25-13-8-4-3-5-9-13/h3-11H,12H2,1-2H3,(H,19,24)(H,20,21,22,23). The predicted octanol–water partition coefficient (Wildman–Crippen LogP) is 2.70. The molecule has 1 heterocycles. The summed E-state index contributed by atoms with van der Waals surface area (Å²) in [6.07, 6.45) is 0. The summed E-state index contributed by atoms with van der Waals surface area (Å²) >= 11 is 0. The highest BCUT2D eigenvalue weighted by Gasteiger charge is 2.26. The van der Waals surface area contributed by atoms with Crippen molar-refractivity contribution in [1.82, 2.24) is 25.9 Å². The Labute approximate surface area is 145 Å². The van der Waals surface area contributed by atoms with E-state index in [0.717, 1.165) is 0 Å². The zero-order valence-corrected chi connectivity index (χ0v) is 14.1. The fraction of sp³-hybridized carbons (Fsp3) is 0.222. The molecule has 0 aliphatic heterocycles. The number of nitrogens with one attached hydrogen (secondary N) is 2. The average molecular weight is 337 g/mol. The quantitative estimate of drug-likeness (QED) is 0.721. The molecular formula is C18H19N5O2. The van der Waals surface area contributed by atoms with Gasteiger partial charge in [-0.3, -0.25) is 4.79 Å². The van der Waals surface area contributed by atoms with Crippen LogP contribution in [0.25, 0.3) is 0 Å². The van der Waals surface area contributed by atoms with Crippen LogP contribution in [0.1, 0.15) is 30.0 Å². The van der Waals surface area contributed by atoms with Gasteiger partial charge in [-0.15, -0.1) is 10.2 Å². The minimum Gasteiger partial charge on any atom is -0.457 e. The van der Waals surface area contributed by atoms with Gasteiger partial charge in [0.1, 0.15) is 11.5 Å². The van der Waals surface area contributed by atoms with E-state index in [2.05, 4.69) is 25.9 Å². The Morgan fingerprint density at radius 2 is 1.84 bits per heavy atom. The zero-order valence-electron chi connectivity index (χ0n) is 14.1. The monoisotopic (exact) mass is 337 g/mol. The topological polar surface area (TPSA) is 92.8 Å². The first-order valence-corrected chi connectivity index (χ1v) is 7.90. The fourth-order valence-corrected chi connectivity index (χ4v) is 2.28. The van der Waals surface area contributed by atoms with Crippen LogP contribution in [0, 0.1) is 0 Å². The number of carbonyl (C=O) groups is 1. The number of nitrogens with zero attached hydrogens (tertiary/aromatic N) is 3. The second-order valence-corrected chi connectivity index (χ2v) is 6.21. The number of H-pyrrole nitrogens is 1. The van der Waals surface area contributed by atoms with Gasteiger partial charge in [-0.25, -0.2) is 0 Å². The van der Waals surface area contributed by atoms with Crippen molar-refractivity contribution in [2.75, 3.05) is 6.54 Å². The van der Waals surface area contributed by atoms with Crippen LogP contribution in [0.4, 0.5) is 0 Å². The van der Waals surface area contributed by atoms with Gasteiger partial charge in [0.25, 0.3) is 5.91 Å². The fourth-order valence-electron chi connectivity index (χ4n) is 2.28. The molecular weight excluding hydrogens is 318 g/mol. The molecule has 0 radical (unpaired) electrons. The van der Waals surface area contributed by atoms with Crippen molar-refractivity contribution in [3.8, 4) is 11.5 Å². The summed E-state index contributed by atoms with van der Waals surface area (Å²) in [5.41, 5.74) is 0.0213. The third-order valence-electron chi connectivity index (χ3n) is 3.74. The van der Waals surface area contributed by atoms with Gasteiger partial charge in [-0.2, -0.15) is 5.21 Å². The number of aromatic nitrogens is 4.